The van der Waals surface area contributed by atoms with Gasteiger partial charge >= 0.3 is 6.18 Å². The Kier molecular flexibility index (Phi) is 4.59. The number of benzene rings is 1. The maximum Gasteiger partial charge on any atom is 0.416 e. The van der Waals surface area contributed by atoms with Crippen LogP contribution in [0.2, 0.25) is 0 Å². The van der Waals surface area contributed by atoms with Crippen molar-refractivity contribution in [3.8, 4) is 12.3 Å². The van der Waals surface area contributed by atoms with Gasteiger partial charge in [-0.1, -0.05) is 31.0 Å². The van der Waals surface area contributed by atoms with E-state index in [1.165, 1.54) is 12.1 Å². The summed E-state index contributed by atoms with van der Waals surface area (Å²) in [7, 11) is 0. The number of hydrogen-bond donors (Lipinski definition) is 1. The number of hydrogen-bond acceptors (Lipinski definition) is 1. The molecule has 0 aliphatic carbocycles. The van der Waals surface area contributed by atoms with Crippen LogP contribution in [-0.4, -0.2) is 6.04 Å². The average molecular weight is 241 g/mol. The van der Waals surface area contributed by atoms with Crippen molar-refractivity contribution < 1.29 is 13.2 Å². The first-order valence-electron chi connectivity index (χ1n) is 5.33. The lowest BCUT2D eigenvalue weighted by Crippen LogP contribution is -2.27. The quantitative estimate of drug-likeness (QED) is 0.798. The van der Waals surface area contributed by atoms with Gasteiger partial charge < -0.3 is 0 Å². The second kappa shape index (κ2) is 5.74. The molecule has 0 saturated carbocycles. The molecule has 1 rings (SSSR count). The number of terminal acetylenes is 1. The fourth-order valence-corrected chi connectivity index (χ4v) is 1.51. The van der Waals surface area contributed by atoms with Gasteiger partial charge in [0.2, 0.25) is 0 Å². The van der Waals surface area contributed by atoms with Crippen LogP contribution in [0.4, 0.5) is 13.2 Å². The Balaban J connectivity index is 2.82. The minimum atomic E-state index is -4.32. The Morgan fingerprint density at radius 1 is 1.35 bits per heavy atom. The molecule has 1 atom stereocenters. The summed E-state index contributed by atoms with van der Waals surface area (Å²) in [6.07, 6.45) is 1.60. The molecule has 17 heavy (non-hydrogen) atoms. The van der Waals surface area contributed by atoms with E-state index >= 15 is 0 Å². The zero-order valence-electron chi connectivity index (χ0n) is 9.51. The molecule has 1 aromatic rings. The van der Waals surface area contributed by atoms with Crippen LogP contribution in [0.1, 0.15) is 24.5 Å². The first-order valence-corrected chi connectivity index (χ1v) is 5.33. The molecule has 0 fully saturated rings. The van der Waals surface area contributed by atoms with Crippen molar-refractivity contribution in [2.24, 2.45) is 0 Å². The first kappa shape index (κ1) is 13.6. The highest BCUT2D eigenvalue weighted by molar-refractivity contribution is 5.29. The van der Waals surface area contributed by atoms with Gasteiger partial charge in [-0.3, -0.25) is 5.32 Å². The minimum absolute atomic E-state index is 0.123. The monoisotopic (exact) mass is 241 g/mol. The van der Waals surface area contributed by atoms with Crippen LogP contribution in [0.5, 0.6) is 0 Å². The molecule has 0 aliphatic rings. The van der Waals surface area contributed by atoms with Gasteiger partial charge in [-0.05, 0) is 18.1 Å². The highest BCUT2D eigenvalue weighted by Gasteiger charge is 2.32. The molecule has 0 aliphatic heterocycles. The van der Waals surface area contributed by atoms with E-state index in [1.807, 2.05) is 6.92 Å². The molecule has 0 amide bonds. The van der Waals surface area contributed by atoms with E-state index in [-0.39, 0.29) is 18.2 Å². The van der Waals surface area contributed by atoms with Crippen LogP contribution in [0.15, 0.2) is 24.3 Å². The average Bonchev–Trinajstić information content (AvgIpc) is 2.29. The zero-order chi connectivity index (χ0) is 12.9. The Morgan fingerprint density at radius 2 is 2.00 bits per heavy atom. The molecule has 0 bridgehead atoms. The van der Waals surface area contributed by atoms with E-state index in [4.69, 9.17) is 6.42 Å². The third-order valence-corrected chi connectivity index (χ3v) is 2.47. The van der Waals surface area contributed by atoms with Crippen molar-refractivity contribution in [2.75, 3.05) is 0 Å². The number of rotatable bonds is 4. The van der Waals surface area contributed by atoms with Crippen LogP contribution < -0.4 is 5.32 Å². The lowest BCUT2D eigenvalue weighted by Gasteiger charge is -2.15. The first-order chi connectivity index (χ1) is 7.99. The normalized spacial score (nSPS) is 13.1. The fraction of sp³-hybridized carbons (Fsp3) is 0.385. The van der Waals surface area contributed by atoms with Crippen LogP contribution in [-0.2, 0) is 12.7 Å². The highest BCUT2D eigenvalue weighted by Crippen LogP contribution is 2.31. The predicted molar refractivity (Wildman–Crippen MR) is 61.2 cm³/mol. The van der Waals surface area contributed by atoms with Crippen LogP contribution in [0.25, 0.3) is 0 Å². The molecule has 0 spiro atoms. The molecule has 1 unspecified atom stereocenters. The third kappa shape index (κ3) is 3.79. The van der Waals surface area contributed by atoms with Gasteiger partial charge in [0.1, 0.15) is 0 Å². The summed E-state index contributed by atoms with van der Waals surface area (Å²) in [4.78, 5) is 0. The second-order valence-electron chi connectivity index (χ2n) is 3.66. The molecule has 1 N–H and O–H groups in total. The maximum absolute atomic E-state index is 12.7. The molecule has 0 heterocycles. The maximum atomic E-state index is 12.7. The summed E-state index contributed by atoms with van der Waals surface area (Å²) in [5.74, 6) is 2.49. The van der Waals surface area contributed by atoms with Crippen molar-refractivity contribution in [3.63, 3.8) is 0 Å². The molecule has 0 radical (unpaired) electrons. The smallest absolute Gasteiger partial charge is 0.300 e. The standard InChI is InChI=1S/C13H14F3N/c1-3-11(4-2)17-9-10-7-5-6-8-12(10)13(14,15)16/h1,5-8,11,17H,4,9H2,2H3. The van der Waals surface area contributed by atoms with E-state index < -0.39 is 11.7 Å². The van der Waals surface area contributed by atoms with E-state index in [0.717, 1.165) is 6.07 Å². The van der Waals surface area contributed by atoms with E-state index in [0.29, 0.717) is 6.42 Å². The van der Waals surface area contributed by atoms with Crippen molar-refractivity contribution in [2.45, 2.75) is 32.1 Å². The van der Waals surface area contributed by atoms with Gasteiger partial charge in [0.15, 0.2) is 0 Å². The van der Waals surface area contributed by atoms with Crippen LogP contribution >= 0.6 is 0 Å². The van der Waals surface area contributed by atoms with E-state index in [2.05, 4.69) is 11.2 Å². The van der Waals surface area contributed by atoms with Crippen LogP contribution in [0.3, 0.4) is 0 Å². The third-order valence-electron chi connectivity index (χ3n) is 2.47. The molecule has 0 aromatic heterocycles. The van der Waals surface area contributed by atoms with Crippen molar-refractivity contribution in [1.82, 2.24) is 5.32 Å². The zero-order valence-corrected chi connectivity index (χ0v) is 9.51. The minimum Gasteiger partial charge on any atom is -0.300 e. The van der Waals surface area contributed by atoms with Crippen molar-refractivity contribution in [3.05, 3.63) is 35.4 Å². The molecule has 1 nitrogen and oxygen atoms in total. The summed E-state index contributed by atoms with van der Waals surface area (Å²) in [6, 6.07) is 5.30. The Bertz CT molecular complexity index is 404. The Morgan fingerprint density at radius 3 is 2.53 bits per heavy atom. The second-order valence-corrected chi connectivity index (χ2v) is 3.66. The van der Waals surface area contributed by atoms with Gasteiger partial charge in [-0.25, -0.2) is 0 Å². The fourth-order valence-electron chi connectivity index (χ4n) is 1.51. The van der Waals surface area contributed by atoms with Gasteiger partial charge in [0.05, 0.1) is 11.6 Å². The summed E-state index contributed by atoms with van der Waals surface area (Å²) < 4.78 is 38.0. The molecular weight excluding hydrogens is 227 g/mol. The number of halogens is 3. The summed E-state index contributed by atoms with van der Waals surface area (Å²) in [5.41, 5.74) is -0.395. The summed E-state index contributed by atoms with van der Waals surface area (Å²) in [6.45, 7) is 2.01. The Labute approximate surface area is 99.0 Å². The SMILES string of the molecule is C#CC(CC)NCc1ccccc1C(F)(F)F. The molecular formula is C13H14F3N. The van der Waals surface area contributed by atoms with Crippen molar-refractivity contribution in [1.29, 1.82) is 0 Å². The molecule has 0 saturated heterocycles. The van der Waals surface area contributed by atoms with Crippen LogP contribution in [0, 0.1) is 12.3 Å². The number of alkyl halides is 3. The lowest BCUT2D eigenvalue weighted by molar-refractivity contribution is -0.138. The van der Waals surface area contributed by atoms with Crippen molar-refractivity contribution >= 4 is 0 Å². The predicted octanol–water partition coefficient (Wildman–Crippen LogP) is 3.21. The lowest BCUT2D eigenvalue weighted by atomic mass is 10.1. The molecule has 1 aromatic carbocycles. The van der Waals surface area contributed by atoms with Gasteiger partial charge in [0, 0.05) is 6.54 Å². The Hall–Kier alpha value is -1.47. The van der Waals surface area contributed by atoms with Gasteiger partial charge in [-0.2, -0.15) is 13.2 Å². The highest BCUT2D eigenvalue weighted by atomic mass is 19.4. The van der Waals surface area contributed by atoms with E-state index in [1.54, 1.807) is 6.07 Å². The van der Waals surface area contributed by atoms with Gasteiger partial charge in [0.25, 0.3) is 0 Å². The topological polar surface area (TPSA) is 12.0 Å². The molecule has 4 heteroatoms. The largest absolute Gasteiger partial charge is 0.416 e. The number of nitrogens with one attached hydrogen (secondary N) is 1. The summed E-state index contributed by atoms with van der Waals surface area (Å²) in [5, 5.41) is 2.91. The molecule has 92 valence electrons. The van der Waals surface area contributed by atoms with E-state index in [9.17, 15) is 13.2 Å². The van der Waals surface area contributed by atoms with Gasteiger partial charge in [-0.15, -0.1) is 6.42 Å². The summed E-state index contributed by atoms with van der Waals surface area (Å²) >= 11 is 0.